The monoisotopic (exact) mass is 418 g/mol. The van der Waals surface area contributed by atoms with Crippen molar-refractivity contribution in [2.75, 3.05) is 5.06 Å². The average molecular weight is 419 g/mol. The first-order valence-electron chi connectivity index (χ1n) is 9.79. The zero-order valence-electron chi connectivity index (χ0n) is 16.0. The Labute approximate surface area is 179 Å². The Kier molecular flexibility index (Phi) is 4.77. The number of nitrogens with zero attached hydrogens (tertiary/aromatic N) is 2. The highest BCUT2D eigenvalue weighted by atomic mass is 35.5. The van der Waals surface area contributed by atoms with Gasteiger partial charge in [-0.3, -0.25) is 19.3 Å². The van der Waals surface area contributed by atoms with Gasteiger partial charge in [-0.1, -0.05) is 72.3 Å². The SMILES string of the molecule is O=C1[C@@H]2[C@@H](ON(c3ccccc3)[C@H]2c2ccc(Cl)cc2)C(=O)N1Cc1ccccc1. The molecule has 5 rings (SSSR count). The summed E-state index contributed by atoms with van der Waals surface area (Å²) in [5, 5.41) is 2.30. The summed E-state index contributed by atoms with van der Waals surface area (Å²) in [7, 11) is 0. The summed E-state index contributed by atoms with van der Waals surface area (Å²) in [6.07, 6.45) is -0.845. The first kappa shape index (κ1) is 18.9. The van der Waals surface area contributed by atoms with E-state index in [0.717, 1.165) is 16.8 Å². The van der Waals surface area contributed by atoms with Gasteiger partial charge in [-0.25, -0.2) is 5.06 Å². The lowest BCUT2D eigenvalue weighted by atomic mass is 9.90. The van der Waals surface area contributed by atoms with Gasteiger partial charge in [0, 0.05) is 5.02 Å². The fourth-order valence-electron chi connectivity index (χ4n) is 4.19. The van der Waals surface area contributed by atoms with Crippen LogP contribution in [0, 0.1) is 5.92 Å². The molecule has 0 saturated carbocycles. The molecule has 3 atom stereocenters. The molecule has 5 nitrogen and oxygen atoms in total. The third kappa shape index (κ3) is 3.16. The number of hydrogen-bond donors (Lipinski definition) is 0. The second kappa shape index (κ2) is 7.59. The van der Waals surface area contributed by atoms with E-state index in [9.17, 15) is 9.59 Å². The molecule has 6 heteroatoms. The molecule has 3 aromatic carbocycles. The molecule has 0 aliphatic carbocycles. The number of rotatable bonds is 4. The first-order chi connectivity index (χ1) is 14.6. The largest absolute Gasteiger partial charge is 0.275 e. The minimum Gasteiger partial charge on any atom is -0.275 e. The number of carbonyl (C=O) groups excluding carboxylic acids is 2. The molecule has 30 heavy (non-hydrogen) atoms. The number of para-hydroxylation sites is 1. The van der Waals surface area contributed by atoms with Crippen molar-refractivity contribution in [2.24, 2.45) is 5.92 Å². The van der Waals surface area contributed by atoms with Gasteiger partial charge in [0.05, 0.1) is 18.3 Å². The Morgan fingerprint density at radius 1 is 0.800 bits per heavy atom. The fourth-order valence-corrected chi connectivity index (χ4v) is 4.32. The lowest BCUT2D eigenvalue weighted by Gasteiger charge is -2.28. The van der Waals surface area contributed by atoms with E-state index in [1.54, 1.807) is 17.2 Å². The minimum atomic E-state index is -0.845. The Morgan fingerprint density at radius 2 is 1.43 bits per heavy atom. The van der Waals surface area contributed by atoms with Crippen molar-refractivity contribution < 1.29 is 14.4 Å². The van der Waals surface area contributed by atoms with E-state index >= 15 is 0 Å². The normalized spacial score (nSPS) is 23.2. The highest BCUT2D eigenvalue weighted by Gasteiger charge is 2.59. The summed E-state index contributed by atoms with van der Waals surface area (Å²) < 4.78 is 0. The summed E-state index contributed by atoms with van der Waals surface area (Å²) >= 11 is 6.07. The Balaban J connectivity index is 1.52. The average Bonchev–Trinajstić information content (AvgIpc) is 3.28. The number of fused-ring (bicyclic) bond motifs is 1. The summed E-state index contributed by atoms with van der Waals surface area (Å²) in [6.45, 7) is 0.244. The van der Waals surface area contributed by atoms with Gasteiger partial charge in [0.15, 0.2) is 6.10 Å². The van der Waals surface area contributed by atoms with E-state index in [1.807, 2.05) is 72.8 Å². The number of amides is 2. The van der Waals surface area contributed by atoms with Crippen molar-refractivity contribution in [3.63, 3.8) is 0 Å². The quantitative estimate of drug-likeness (QED) is 0.590. The van der Waals surface area contributed by atoms with Crippen LogP contribution in [0.1, 0.15) is 17.2 Å². The molecule has 3 aromatic rings. The van der Waals surface area contributed by atoms with Crippen molar-refractivity contribution in [1.82, 2.24) is 4.90 Å². The molecule has 0 spiro atoms. The maximum absolute atomic E-state index is 13.4. The van der Waals surface area contributed by atoms with Gasteiger partial charge in [0.1, 0.15) is 5.92 Å². The molecule has 0 radical (unpaired) electrons. The molecule has 2 aliphatic heterocycles. The molecule has 0 aromatic heterocycles. The van der Waals surface area contributed by atoms with Crippen molar-refractivity contribution in [2.45, 2.75) is 18.7 Å². The smallest absolute Gasteiger partial charge is 0.262 e. The third-order valence-electron chi connectivity index (χ3n) is 5.61. The highest BCUT2D eigenvalue weighted by molar-refractivity contribution is 6.30. The van der Waals surface area contributed by atoms with Crippen molar-refractivity contribution >= 4 is 29.1 Å². The highest BCUT2D eigenvalue weighted by Crippen LogP contribution is 2.47. The second-order valence-corrected chi connectivity index (χ2v) is 7.89. The van der Waals surface area contributed by atoms with Crippen LogP contribution in [0.5, 0.6) is 0 Å². The van der Waals surface area contributed by atoms with Crippen molar-refractivity contribution in [3.05, 3.63) is 101 Å². The number of halogens is 1. The summed E-state index contributed by atoms with van der Waals surface area (Å²) in [4.78, 5) is 34.0. The van der Waals surface area contributed by atoms with Gasteiger partial charge in [-0.05, 0) is 35.4 Å². The van der Waals surface area contributed by atoms with Gasteiger partial charge < -0.3 is 0 Å². The zero-order valence-corrected chi connectivity index (χ0v) is 16.8. The van der Waals surface area contributed by atoms with Crippen LogP contribution in [0.25, 0.3) is 0 Å². The second-order valence-electron chi connectivity index (χ2n) is 7.46. The first-order valence-corrected chi connectivity index (χ1v) is 10.2. The number of likely N-dealkylation sites (tertiary alicyclic amines) is 1. The van der Waals surface area contributed by atoms with E-state index in [2.05, 4.69) is 0 Å². The molecule has 150 valence electrons. The van der Waals surface area contributed by atoms with Gasteiger partial charge in [-0.15, -0.1) is 0 Å². The number of hydrogen-bond acceptors (Lipinski definition) is 4. The van der Waals surface area contributed by atoms with Gasteiger partial charge in [0.2, 0.25) is 5.91 Å². The molecule has 2 aliphatic rings. The summed E-state index contributed by atoms with van der Waals surface area (Å²) in [5.41, 5.74) is 2.57. The molecule has 0 N–H and O–H groups in total. The van der Waals surface area contributed by atoms with Gasteiger partial charge in [-0.2, -0.15) is 0 Å². The van der Waals surface area contributed by atoms with Gasteiger partial charge >= 0.3 is 0 Å². The molecule has 0 bridgehead atoms. The Hall–Kier alpha value is -3.15. The topological polar surface area (TPSA) is 49.9 Å². The summed E-state index contributed by atoms with van der Waals surface area (Å²) in [5.74, 6) is -1.14. The summed E-state index contributed by atoms with van der Waals surface area (Å²) in [6, 6.07) is 25.9. The Morgan fingerprint density at radius 3 is 2.10 bits per heavy atom. The van der Waals surface area contributed by atoms with Crippen molar-refractivity contribution in [1.29, 1.82) is 0 Å². The number of anilines is 1. The van der Waals surface area contributed by atoms with Crippen LogP contribution in [0.2, 0.25) is 5.02 Å². The lowest BCUT2D eigenvalue weighted by Crippen LogP contribution is -2.36. The number of imide groups is 1. The standard InChI is InChI=1S/C24H19ClN2O3/c25-18-13-11-17(12-14-18)21-20-22(30-27(21)19-9-5-2-6-10-19)24(29)26(23(20)28)15-16-7-3-1-4-8-16/h1-14,20-22H,15H2/t20-,21-,22+/m0/s1. The number of hydroxylamine groups is 1. The van der Waals surface area contributed by atoms with E-state index in [0.29, 0.717) is 5.02 Å². The van der Waals surface area contributed by atoms with E-state index in [1.165, 1.54) is 4.90 Å². The number of benzene rings is 3. The predicted octanol–water partition coefficient (Wildman–Crippen LogP) is 4.39. The third-order valence-corrected chi connectivity index (χ3v) is 5.86. The van der Waals surface area contributed by atoms with Crippen LogP contribution in [-0.4, -0.2) is 22.8 Å². The predicted molar refractivity (Wildman–Crippen MR) is 113 cm³/mol. The molecule has 2 heterocycles. The van der Waals surface area contributed by atoms with Crippen LogP contribution >= 0.6 is 11.6 Å². The molecule has 0 unspecified atom stereocenters. The maximum atomic E-state index is 13.4. The van der Waals surface area contributed by atoms with Crippen LogP contribution in [0.15, 0.2) is 84.9 Å². The minimum absolute atomic E-state index is 0.216. The Bertz CT molecular complexity index is 1070. The van der Waals surface area contributed by atoms with Crippen LogP contribution in [-0.2, 0) is 21.0 Å². The van der Waals surface area contributed by atoms with Crippen LogP contribution < -0.4 is 5.06 Å². The maximum Gasteiger partial charge on any atom is 0.262 e. The van der Waals surface area contributed by atoms with E-state index in [-0.39, 0.29) is 18.4 Å². The molecular weight excluding hydrogens is 400 g/mol. The van der Waals surface area contributed by atoms with Gasteiger partial charge in [0.25, 0.3) is 5.91 Å². The van der Waals surface area contributed by atoms with Crippen molar-refractivity contribution in [3.8, 4) is 0 Å². The molecule has 2 saturated heterocycles. The van der Waals surface area contributed by atoms with E-state index < -0.39 is 18.1 Å². The molecule has 2 fully saturated rings. The number of carbonyl (C=O) groups is 2. The molecule has 2 amide bonds. The molecular formula is C24H19ClN2O3. The fraction of sp³-hybridized carbons (Fsp3) is 0.167. The van der Waals surface area contributed by atoms with Crippen LogP contribution in [0.3, 0.4) is 0 Å². The lowest BCUT2D eigenvalue weighted by molar-refractivity contribution is -0.143. The van der Waals surface area contributed by atoms with E-state index in [4.69, 9.17) is 16.4 Å². The van der Waals surface area contributed by atoms with Crippen LogP contribution in [0.4, 0.5) is 5.69 Å². The zero-order chi connectivity index (χ0) is 20.7.